The van der Waals surface area contributed by atoms with Crippen LogP contribution >= 0.6 is 0 Å². The fourth-order valence-electron chi connectivity index (χ4n) is 1.96. The number of nitrogens with zero attached hydrogens (tertiary/aromatic N) is 1. The maximum Gasteiger partial charge on any atom is 0.238 e. The quantitative estimate of drug-likeness (QED) is 0.447. The average molecular weight is 263 g/mol. The number of hydrogen-bond acceptors (Lipinski definition) is 3. The molecule has 0 aliphatic heterocycles. The highest BCUT2D eigenvalue weighted by molar-refractivity contribution is 5.78. The summed E-state index contributed by atoms with van der Waals surface area (Å²) in [5.41, 5.74) is 4.42. The fourth-order valence-corrected chi connectivity index (χ4v) is 1.96. The van der Waals surface area contributed by atoms with Crippen molar-refractivity contribution in [2.75, 3.05) is 13.6 Å². The Morgan fingerprint density at radius 2 is 1.95 bits per heavy atom. The molecule has 1 rings (SSSR count). The van der Waals surface area contributed by atoms with E-state index in [1.54, 1.807) is 0 Å². The number of benzene rings is 1. The van der Waals surface area contributed by atoms with Gasteiger partial charge in [0.15, 0.2) is 0 Å². The van der Waals surface area contributed by atoms with Crippen LogP contribution in [0.1, 0.15) is 31.4 Å². The second kappa shape index (κ2) is 7.92. The van der Waals surface area contributed by atoms with Crippen molar-refractivity contribution in [3.8, 4) is 0 Å². The topological polar surface area (TPSA) is 58.4 Å². The second-order valence-electron chi connectivity index (χ2n) is 5.43. The number of carbonyl (C=O) groups excluding carboxylic acids is 1. The minimum Gasteiger partial charge on any atom is -0.302 e. The molecule has 4 nitrogen and oxygen atoms in total. The molecule has 0 atom stereocenters. The maximum atomic E-state index is 11.4. The lowest BCUT2D eigenvalue weighted by molar-refractivity contribution is -0.120. The van der Waals surface area contributed by atoms with Crippen LogP contribution in [0.15, 0.2) is 24.3 Å². The van der Waals surface area contributed by atoms with Gasteiger partial charge in [0.2, 0.25) is 5.91 Å². The molecule has 0 aromatic heterocycles. The summed E-state index contributed by atoms with van der Waals surface area (Å²) in [6.07, 6.45) is 1.52. The van der Waals surface area contributed by atoms with Crippen LogP contribution in [0.3, 0.4) is 0 Å². The van der Waals surface area contributed by atoms with Gasteiger partial charge in [0, 0.05) is 6.54 Å². The zero-order chi connectivity index (χ0) is 14.3. The summed E-state index contributed by atoms with van der Waals surface area (Å²) in [7, 11) is 2.11. The Morgan fingerprint density at radius 1 is 1.32 bits per heavy atom. The van der Waals surface area contributed by atoms with Gasteiger partial charge in [-0.2, -0.15) is 0 Å². The summed E-state index contributed by atoms with van der Waals surface area (Å²) in [5, 5.41) is 0. The molecule has 19 heavy (non-hydrogen) atoms. The Kier molecular flexibility index (Phi) is 6.53. The zero-order valence-electron chi connectivity index (χ0n) is 12.1. The number of hydrazine groups is 1. The lowest BCUT2D eigenvalue weighted by Gasteiger charge is -2.19. The van der Waals surface area contributed by atoms with E-state index in [2.05, 4.69) is 37.3 Å². The van der Waals surface area contributed by atoms with Gasteiger partial charge in [0.05, 0.1) is 6.42 Å². The van der Waals surface area contributed by atoms with Crippen molar-refractivity contribution in [3.63, 3.8) is 0 Å². The molecule has 106 valence electrons. The van der Waals surface area contributed by atoms with E-state index in [1.807, 2.05) is 18.2 Å². The summed E-state index contributed by atoms with van der Waals surface area (Å²) in [6, 6.07) is 8.03. The van der Waals surface area contributed by atoms with Crippen molar-refractivity contribution in [2.45, 2.75) is 33.2 Å². The number of amides is 1. The number of hydrogen-bond donors (Lipinski definition) is 2. The standard InChI is InChI=1S/C15H25N3O/c1-12(2)8-9-18(3)11-14-7-5-4-6-13(14)10-15(19)17-16/h4-7,12H,8-11,16H2,1-3H3,(H,17,19). The molecule has 0 fully saturated rings. The third kappa shape index (κ3) is 5.85. The normalized spacial score (nSPS) is 11.1. The van der Waals surface area contributed by atoms with Crippen LogP contribution in [-0.2, 0) is 17.8 Å². The molecule has 1 aromatic rings. The summed E-state index contributed by atoms with van der Waals surface area (Å²) in [4.78, 5) is 13.7. The third-order valence-corrected chi connectivity index (χ3v) is 3.16. The molecule has 4 heteroatoms. The molecule has 0 unspecified atom stereocenters. The van der Waals surface area contributed by atoms with E-state index >= 15 is 0 Å². The minimum absolute atomic E-state index is 0.155. The monoisotopic (exact) mass is 263 g/mol. The van der Waals surface area contributed by atoms with Crippen molar-refractivity contribution >= 4 is 5.91 Å². The molecule has 0 saturated carbocycles. The first-order valence-electron chi connectivity index (χ1n) is 6.77. The van der Waals surface area contributed by atoms with Crippen LogP contribution in [0.2, 0.25) is 0 Å². The highest BCUT2D eigenvalue weighted by Crippen LogP contribution is 2.13. The van der Waals surface area contributed by atoms with Crippen LogP contribution in [0.4, 0.5) is 0 Å². The smallest absolute Gasteiger partial charge is 0.238 e. The molecular weight excluding hydrogens is 238 g/mol. The molecule has 0 heterocycles. The molecule has 0 saturated heterocycles. The molecule has 0 radical (unpaired) electrons. The molecule has 0 aliphatic carbocycles. The predicted octanol–water partition coefficient (Wildman–Crippen LogP) is 1.70. The zero-order valence-corrected chi connectivity index (χ0v) is 12.1. The van der Waals surface area contributed by atoms with Gasteiger partial charge in [0.25, 0.3) is 0 Å². The van der Waals surface area contributed by atoms with Gasteiger partial charge in [-0.3, -0.25) is 10.2 Å². The predicted molar refractivity (Wildman–Crippen MR) is 78.3 cm³/mol. The Balaban J connectivity index is 2.64. The van der Waals surface area contributed by atoms with E-state index in [-0.39, 0.29) is 5.91 Å². The van der Waals surface area contributed by atoms with Gasteiger partial charge in [-0.15, -0.1) is 0 Å². The van der Waals surface area contributed by atoms with Crippen LogP contribution < -0.4 is 11.3 Å². The van der Waals surface area contributed by atoms with Gasteiger partial charge in [0.1, 0.15) is 0 Å². The molecule has 1 aromatic carbocycles. The Labute approximate surface area is 115 Å². The Bertz CT molecular complexity index is 404. The van der Waals surface area contributed by atoms with Crippen LogP contribution in [0, 0.1) is 5.92 Å². The summed E-state index contributed by atoms with van der Waals surface area (Å²) >= 11 is 0. The Hall–Kier alpha value is -1.39. The molecular formula is C15H25N3O. The van der Waals surface area contributed by atoms with Gasteiger partial charge >= 0.3 is 0 Å². The first-order valence-corrected chi connectivity index (χ1v) is 6.77. The van der Waals surface area contributed by atoms with E-state index < -0.39 is 0 Å². The van der Waals surface area contributed by atoms with Gasteiger partial charge in [-0.05, 0) is 37.1 Å². The van der Waals surface area contributed by atoms with Crippen molar-refractivity contribution in [1.29, 1.82) is 0 Å². The van der Waals surface area contributed by atoms with E-state index in [1.165, 1.54) is 12.0 Å². The number of rotatable bonds is 7. The molecule has 3 N–H and O–H groups in total. The first kappa shape index (κ1) is 15.7. The van der Waals surface area contributed by atoms with Gasteiger partial charge in [-0.25, -0.2) is 5.84 Å². The van der Waals surface area contributed by atoms with E-state index in [9.17, 15) is 4.79 Å². The average Bonchev–Trinajstić information content (AvgIpc) is 2.38. The SMILES string of the molecule is CC(C)CCN(C)Cc1ccccc1CC(=O)NN. The second-order valence-corrected chi connectivity index (χ2v) is 5.43. The van der Waals surface area contributed by atoms with E-state index in [0.717, 1.165) is 18.7 Å². The third-order valence-electron chi connectivity index (χ3n) is 3.16. The number of carbonyl (C=O) groups is 1. The molecule has 1 amide bonds. The molecule has 0 spiro atoms. The van der Waals surface area contributed by atoms with Crippen molar-refractivity contribution in [1.82, 2.24) is 10.3 Å². The molecule has 0 aliphatic rings. The van der Waals surface area contributed by atoms with Crippen LogP contribution in [0.5, 0.6) is 0 Å². The minimum atomic E-state index is -0.155. The highest BCUT2D eigenvalue weighted by Gasteiger charge is 2.09. The van der Waals surface area contributed by atoms with Gasteiger partial charge < -0.3 is 4.90 Å². The lowest BCUT2D eigenvalue weighted by atomic mass is 10.0. The van der Waals surface area contributed by atoms with Crippen LogP contribution in [0.25, 0.3) is 0 Å². The summed E-state index contributed by atoms with van der Waals surface area (Å²) in [6.45, 7) is 6.39. The first-order chi connectivity index (χ1) is 9.02. The summed E-state index contributed by atoms with van der Waals surface area (Å²) < 4.78 is 0. The van der Waals surface area contributed by atoms with E-state index in [0.29, 0.717) is 12.3 Å². The number of nitrogens with one attached hydrogen (secondary N) is 1. The maximum absolute atomic E-state index is 11.4. The van der Waals surface area contributed by atoms with E-state index in [4.69, 9.17) is 5.84 Å². The van der Waals surface area contributed by atoms with Crippen molar-refractivity contribution in [2.24, 2.45) is 11.8 Å². The molecule has 0 bridgehead atoms. The highest BCUT2D eigenvalue weighted by atomic mass is 16.2. The largest absolute Gasteiger partial charge is 0.302 e. The Morgan fingerprint density at radius 3 is 2.53 bits per heavy atom. The van der Waals surface area contributed by atoms with Gasteiger partial charge in [-0.1, -0.05) is 38.1 Å². The lowest BCUT2D eigenvalue weighted by Crippen LogP contribution is -2.32. The number of nitrogens with two attached hydrogens (primary N) is 1. The fraction of sp³-hybridized carbons (Fsp3) is 0.533. The van der Waals surface area contributed by atoms with Crippen molar-refractivity contribution < 1.29 is 4.79 Å². The van der Waals surface area contributed by atoms with Crippen molar-refractivity contribution in [3.05, 3.63) is 35.4 Å². The van der Waals surface area contributed by atoms with Crippen LogP contribution in [-0.4, -0.2) is 24.4 Å². The summed E-state index contributed by atoms with van der Waals surface area (Å²) in [5.74, 6) is 5.70.